The number of amides is 2. The molecule has 1 saturated heterocycles. The number of nitrogens with zero attached hydrogens (tertiary/aromatic N) is 3. The van der Waals surface area contributed by atoms with Crippen molar-refractivity contribution in [2.45, 2.75) is 31.7 Å². The van der Waals surface area contributed by atoms with Crippen LogP contribution in [0, 0.1) is 12.7 Å². The zero-order valence-corrected chi connectivity index (χ0v) is 18.1. The van der Waals surface area contributed by atoms with Gasteiger partial charge < -0.3 is 19.7 Å². The fraction of sp³-hybridized carbons (Fsp3) is 0.350. The van der Waals surface area contributed by atoms with Crippen molar-refractivity contribution < 1.29 is 31.9 Å². The first-order chi connectivity index (χ1) is 15.4. The van der Waals surface area contributed by atoms with Crippen LogP contribution in [-0.2, 0) is 5.79 Å². The largest absolute Gasteiger partial charge is 0.453 e. The Hall–Kier alpha value is -3.12. The molecule has 3 N–H and O–H groups in total. The molecule has 0 bridgehead atoms. The fourth-order valence-corrected chi connectivity index (χ4v) is 3.84. The highest BCUT2D eigenvalue weighted by Crippen LogP contribution is 2.40. The van der Waals surface area contributed by atoms with E-state index in [1.807, 2.05) is 0 Å². The average molecular weight is 488 g/mol. The Kier molecular flexibility index (Phi) is 5.61. The average Bonchev–Trinajstić information content (AvgIpc) is 3.04. The molecule has 0 spiro atoms. The number of aromatic nitrogens is 2. The summed E-state index contributed by atoms with van der Waals surface area (Å²) >= 11 is 5.88. The lowest BCUT2D eigenvalue weighted by molar-refractivity contribution is -0.0663. The van der Waals surface area contributed by atoms with E-state index < -0.39 is 35.4 Å². The summed E-state index contributed by atoms with van der Waals surface area (Å²) in [7, 11) is 0. The van der Waals surface area contributed by atoms with Crippen LogP contribution in [0.2, 0.25) is 5.02 Å². The summed E-state index contributed by atoms with van der Waals surface area (Å²) in [5.41, 5.74) is -1.17. The minimum absolute atomic E-state index is 0.00570. The van der Waals surface area contributed by atoms with Gasteiger partial charge in [-0.1, -0.05) is 11.6 Å². The molecule has 3 aromatic rings. The normalized spacial score (nSPS) is 17.1. The Morgan fingerprint density at radius 1 is 1.33 bits per heavy atom. The molecule has 33 heavy (non-hydrogen) atoms. The first-order valence-electron chi connectivity index (χ1n) is 9.64. The van der Waals surface area contributed by atoms with Gasteiger partial charge in [0.1, 0.15) is 5.82 Å². The molecular weight excluding hydrogens is 470 g/mol. The third kappa shape index (κ3) is 4.27. The molecule has 176 valence electrons. The third-order valence-corrected chi connectivity index (χ3v) is 5.41. The smallest absolute Gasteiger partial charge is 0.322 e. The highest BCUT2D eigenvalue weighted by Gasteiger charge is 2.49. The standard InChI is InChI=1S/C20H18ClF4N5O3/c1-9-12-3-10(22)4-13(21)14(12)33-15(9)20(25,16(23)24)29-18(31)28-11-5-26-17(27-6-11)30-7-19(2,32)8-30/h3-6,16,32H,7-8H2,1-2H3,(H2,28,29,31). The maximum absolute atomic E-state index is 15.4. The molecule has 1 fully saturated rings. The Morgan fingerprint density at radius 3 is 2.55 bits per heavy atom. The van der Waals surface area contributed by atoms with Gasteiger partial charge in [0.25, 0.3) is 6.43 Å². The van der Waals surface area contributed by atoms with Crippen LogP contribution in [0.25, 0.3) is 11.0 Å². The molecule has 1 aliphatic heterocycles. The van der Waals surface area contributed by atoms with Crippen LogP contribution in [0.15, 0.2) is 28.9 Å². The second kappa shape index (κ2) is 8.03. The van der Waals surface area contributed by atoms with Crippen LogP contribution in [0.4, 0.5) is 34.0 Å². The number of carbonyl (C=O) groups is 1. The fourth-order valence-electron chi connectivity index (χ4n) is 3.60. The number of anilines is 2. The number of aliphatic hydroxyl groups is 1. The summed E-state index contributed by atoms with van der Waals surface area (Å²) in [6.45, 7) is 3.55. The Morgan fingerprint density at radius 2 is 1.97 bits per heavy atom. The van der Waals surface area contributed by atoms with Gasteiger partial charge in [0.15, 0.2) is 11.3 Å². The highest BCUT2D eigenvalue weighted by atomic mass is 35.5. The van der Waals surface area contributed by atoms with Crippen molar-refractivity contribution in [2.75, 3.05) is 23.3 Å². The predicted molar refractivity (Wildman–Crippen MR) is 112 cm³/mol. The lowest BCUT2D eigenvalue weighted by Crippen LogP contribution is -2.60. The second-order valence-corrected chi connectivity index (χ2v) is 8.44. The number of alkyl halides is 3. The van der Waals surface area contributed by atoms with E-state index in [9.17, 15) is 23.1 Å². The van der Waals surface area contributed by atoms with Gasteiger partial charge in [-0.15, -0.1) is 0 Å². The van der Waals surface area contributed by atoms with E-state index in [1.54, 1.807) is 17.1 Å². The number of hydrogen-bond donors (Lipinski definition) is 3. The minimum atomic E-state index is -3.74. The van der Waals surface area contributed by atoms with Crippen molar-refractivity contribution in [2.24, 2.45) is 0 Å². The van der Waals surface area contributed by atoms with Crippen LogP contribution in [0.3, 0.4) is 0 Å². The summed E-state index contributed by atoms with van der Waals surface area (Å²) in [4.78, 5) is 22.0. The number of furan rings is 1. The first-order valence-corrected chi connectivity index (χ1v) is 10.0. The lowest BCUT2D eigenvalue weighted by atomic mass is 9.98. The van der Waals surface area contributed by atoms with Crippen molar-refractivity contribution >= 4 is 40.2 Å². The number of nitrogens with one attached hydrogen (secondary N) is 2. The Bertz CT molecular complexity index is 1210. The van der Waals surface area contributed by atoms with Crippen LogP contribution < -0.4 is 15.5 Å². The first kappa shape index (κ1) is 23.1. The van der Waals surface area contributed by atoms with Gasteiger partial charge >= 0.3 is 11.8 Å². The van der Waals surface area contributed by atoms with E-state index in [1.165, 1.54) is 19.3 Å². The molecule has 2 amide bonds. The molecule has 0 radical (unpaired) electrons. The Balaban J connectivity index is 1.53. The van der Waals surface area contributed by atoms with Crippen LogP contribution in [-0.4, -0.2) is 46.2 Å². The topological polar surface area (TPSA) is 104 Å². The summed E-state index contributed by atoms with van der Waals surface area (Å²) in [6, 6.07) is 0.536. The number of carbonyl (C=O) groups excluding carboxylic acids is 1. The molecule has 0 saturated carbocycles. The Labute approximate surface area is 189 Å². The van der Waals surface area contributed by atoms with E-state index in [0.29, 0.717) is 19.0 Å². The number of benzene rings is 1. The van der Waals surface area contributed by atoms with Gasteiger partial charge in [-0.3, -0.25) is 5.32 Å². The molecular formula is C20H18ClF4N5O3. The van der Waals surface area contributed by atoms with Crippen molar-refractivity contribution in [3.8, 4) is 0 Å². The van der Waals surface area contributed by atoms with Gasteiger partial charge in [0.2, 0.25) is 5.95 Å². The van der Waals surface area contributed by atoms with Crippen LogP contribution in [0.5, 0.6) is 0 Å². The predicted octanol–water partition coefficient (Wildman–Crippen LogP) is 4.10. The van der Waals surface area contributed by atoms with Crippen molar-refractivity contribution in [1.29, 1.82) is 0 Å². The molecule has 4 rings (SSSR count). The van der Waals surface area contributed by atoms with Crippen molar-refractivity contribution in [1.82, 2.24) is 15.3 Å². The maximum atomic E-state index is 15.4. The number of hydrogen-bond acceptors (Lipinski definition) is 6. The molecule has 1 aromatic carbocycles. The summed E-state index contributed by atoms with van der Waals surface area (Å²) in [5.74, 6) is -5.12. The van der Waals surface area contributed by atoms with E-state index in [2.05, 4.69) is 15.3 Å². The number of aryl methyl sites for hydroxylation is 1. The molecule has 2 aromatic heterocycles. The third-order valence-electron chi connectivity index (χ3n) is 5.13. The molecule has 1 aliphatic rings. The van der Waals surface area contributed by atoms with Gasteiger partial charge in [0, 0.05) is 10.9 Å². The second-order valence-electron chi connectivity index (χ2n) is 8.04. The quantitative estimate of drug-likeness (QED) is 0.370. The molecule has 8 nitrogen and oxygen atoms in total. The molecule has 3 heterocycles. The van der Waals surface area contributed by atoms with E-state index in [0.717, 1.165) is 12.1 Å². The van der Waals surface area contributed by atoms with Gasteiger partial charge in [0.05, 0.1) is 41.8 Å². The summed E-state index contributed by atoms with van der Waals surface area (Å²) < 4.78 is 61.8. The van der Waals surface area contributed by atoms with Gasteiger partial charge in [-0.05, 0) is 26.0 Å². The number of urea groups is 1. The lowest BCUT2D eigenvalue weighted by Gasteiger charge is -2.44. The summed E-state index contributed by atoms with van der Waals surface area (Å²) in [5, 5.41) is 13.3. The van der Waals surface area contributed by atoms with E-state index in [4.69, 9.17) is 16.0 Å². The van der Waals surface area contributed by atoms with E-state index in [-0.39, 0.29) is 27.2 Å². The molecule has 1 unspecified atom stereocenters. The molecule has 13 heteroatoms. The number of fused-ring (bicyclic) bond motifs is 1. The van der Waals surface area contributed by atoms with Crippen molar-refractivity contribution in [3.63, 3.8) is 0 Å². The van der Waals surface area contributed by atoms with Gasteiger partial charge in [-0.2, -0.15) is 0 Å². The monoisotopic (exact) mass is 487 g/mol. The maximum Gasteiger partial charge on any atom is 0.322 e. The van der Waals surface area contributed by atoms with Crippen LogP contribution >= 0.6 is 11.6 Å². The molecule has 1 atom stereocenters. The zero-order chi connectivity index (χ0) is 24.1. The van der Waals surface area contributed by atoms with Crippen molar-refractivity contribution in [3.05, 3.63) is 46.7 Å². The highest BCUT2D eigenvalue weighted by molar-refractivity contribution is 6.35. The minimum Gasteiger partial charge on any atom is -0.453 e. The number of β-amino-alcohol motifs (C(OH)–C–C–N with tert-alkyl or cyclic N) is 1. The van der Waals surface area contributed by atoms with Gasteiger partial charge in [-0.25, -0.2) is 32.3 Å². The number of halogens is 5. The summed E-state index contributed by atoms with van der Waals surface area (Å²) in [6.07, 6.45) is -1.33. The number of rotatable bonds is 5. The molecule has 0 aliphatic carbocycles. The van der Waals surface area contributed by atoms with Crippen LogP contribution in [0.1, 0.15) is 18.2 Å². The zero-order valence-electron chi connectivity index (χ0n) is 17.3. The van der Waals surface area contributed by atoms with E-state index >= 15 is 4.39 Å². The SMILES string of the molecule is Cc1c(C(F)(NC(=O)Nc2cnc(N3CC(C)(O)C3)nc2)C(F)F)oc2c(Cl)cc(F)cc12.